The Balaban J connectivity index is 0.000000128. The first-order valence-electron chi connectivity index (χ1n) is 15.0. The van der Waals surface area contributed by atoms with Crippen molar-refractivity contribution in [3.8, 4) is 0 Å². The summed E-state index contributed by atoms with van der Waals surface area (Å²) in [6.45, 7) is 5.45. The zero-order valence-corrected chi connectivity index (χ0v) is 24.1. The average Bonchev–Trinajstić information content (AvgIpc) is 2.79. The normalized spacial score (nSPS) is 42.4. The lowest BCUT2D eigenvalue weighted by Crippen LogP contribution is -2.53. The van der Waals surface area contributed by atoms with Crippen LogP contribution < -0.4 is 16.8 Å². The molecule has 8 fully saturated rings. The van der Waals surface area contributed by atoms with Crippen molar-refractivity contribution in [2.75, 3.05) is 7.05 Å². The Morgan fingerprint density at radius 3 is 1.22 bits per heavy atom. The van der Waals surface area contributed by atoms with E-state index in [1.165, 1.54) is 82.6 Å². The summed E-state index contributed by atoms with van der Waals surface area (Å²) < 4.78 is 0. The highest BCUT2D eigenvalue weighted by molar-refractivity contribution is 5.85. The van der Waals surface area contributed by atoms with E-state index in [1.807, 2.05) is 25.2 Å². The second-order valence-electron chi connectivity index (χ2n) is 14.2. The Morgan fingerprint density at radius 2 is 0.972 bits per heavy atom. The molecule has 1 aromatic carbocycles. The summed E-state index contributed by atoms with van der Waals surface area (Å²) in [5.74, 6) is 6.32. The van der Waals surface area contributed by atoms with E-state index in [1.54, 1.807) is 0 Å². The van der Waals surface area contributed by atoms with Crippen LogP contribution in [0.25, 0.3) is 0 Å². The van der Waals surface area contributed by atoms with Crippen molar-refractivity contribution in [3.05, 3.63) is 35.9 Å². The van der Waals surface area contributed by atoms with Crippen molar-refractivity contribution in [2.45, 2.75) is 110 Å². The lowest BCUT2D eigenvalue weighted by atomic mass is 9.48. The fraction of sp³-hybridized carbons (Fsp3) is 0.812. The van der Waals surface area contributed by atoms with Gasteiger partial charge in [-0.25, -0.2) is 0 Å². The summed E-state index contributed by atoms with van der Waals surface area (Å²) in [6.07, 6.45) is 17.9. The third-order valence-corrected chi connectivity index (χ3v) is 11.3. The third-order valence-electron chi connectivity index (χ3n) is 11.3. The number of halogens is 1. The van der Waals surface area contributed by atoms with Gasteiger partial charge in [0.2, 0.25) is 0 Å². The van der Waals surface area contributed by atoms with Gasteiger partial charge in [0.1, 0.15) is 0 Å². The predicted octanol–water partition coefficient (Wildman–Crippen LogP) is 6.93. The highest BCUT2D eigenvalue weighted by atomic mass is 35.5. The van der Waals surface area contributed by atoms with Crippen molar-refractivity contribution in [1.29, 1.82) is 0 Å². The maximum atomic E-state index is 6.19. The SMILES string of the molecule is CC(N)C12CC3CC(CC(C3)C1)C2.CC(N)C12CC3CC(CC(C3)C1)C2.CNCc1ccccc1.Cl. The van der Waals surface area contributed by atoms with E-state index < -0.39 is 0 Å². The summed E-state index contributed by atoms with van der Waals surface area (Å²) >= 11 is 0. The third kappa shape index (κ3) is 6.00. The first-order chi connectivity index (χ1) is 16.8. The van der Waals surface area contributed by atoms with E-state index in [4.69, 9.17) is 11.5 Å². The van der Waals surface area contributed by atoms with Gasteiger partial charge in [0.15, 0.2) is 0 Å². The molecule has 0 heterocycles. The Hall–Kier alpha value is -0.610. The van der Waals surface area contributed by atoms with E-state index in [2.05, 4.69) is 31.3 Å². The Kier molecular flexibility index (Phi) is 9.18. The van der Waals surface area contributed by atoms with E-state index in [0.29, 0.717) is 22.9 Å². The van der Waals surface area contributed by atoms with Gasteiger partial charge in [0.25, 0.3) is 0 Å². The Labute approximate surface area is 227 Å². The molecule has 0 aromatic heterocycles. The number of hydrogen-bond acceptors (Lipinski definition) is 3. The molecule has 8 aliphatic carbocycles. The van der Waals surface area contributed by atoms with Crippen molar-refractivity contribution in [2.24, 2.45) is 57.8 Å². The molecule has 36 heavy (non-hydrogen) atoms. The van der Waals surface area contributed by atoms with Crippen LogP contribution in [0.1, 0.15) is 96.5 Å². The molecule has 0 aliphatic heterocycles. The topological polar surface area (TPSA) is 64.1 Å². The number of nitrogens with two attached hydrogens (primary N) is 2. The van der Waals surface area contributed by atoms with E-state index >= 15 is 0 Å². The van der Waals surface area contributed by atoms with Crippen LogP contribution in [0.3, 0.4) is 0 Å². The van der Waals surface area contributed by atoms with Gasteiger partial charge in [-0.1, -0.05) is 30.3 Å². The first kappa shape index (κ1) is 28.4. The zero-order valence-electron chi connectivity index (χ0n) is 23.3. The molecule has 9 rings (SSSR count). The highest BCUT2D eigenvalue weighted by Crippen LogP contribution is 2.62. The molecule has 8 bridgehead atoms. The molecule has 0 amide bonds. The number of nitrogens with one attached hydrogen (secondary N) is 1. The predicted molar refractivity (Wildman–Crippen MR) is 155 cm³/mol. The number of hydrogen-bond donors (Lipinski definition) is 3. The maximum absolute atomic E-state index is 6.19. The van der Waals surface area contributed by atoms with Crippen molar-refractivity contribution < 1.29 is 0 Å². The lowest BCUT2D eigenvalue weighted by Gasteiger charge is -2.58. The Bertz CT molecular complexity index is 701. The summed E-state index contributed by atoms with van der Waals surface area (Å²) in [6, 6.07) is 11.2. The second kappa shape index (κ2) is 11.6. The van der Waals surface area contributed by atoms with E-state index in [9.17, 15) is 0 Å². The van der Waals surface area contributed by atoms with Gasteiger partial charge in [0.05, 0.1) is 0 Å². The quantitative estimate of drug-likeness (QED) is 0.407. The largest absolute Gasteiger partial charge is 0.327 e. The summed E-state index contributed by atoms with van der Waals surface area (Å²) in [5.41, 5.74) is 14.9. The smallest absolute Gasteiger partial charge is 0.0202 e. The van der Waals surface area contributed by atoms with Crippen LogP contribution in [0.2, 0.25) is 0 Å². The van der Waals surface area contributed by atoms with Gasteiger partial charge in [-0.05, 0) is 150 Å². The zero-order chi connectivity index (χ0) is 24.6. The van der Waals surface area contributed by atoms with Crippen LogP contribution in [-0.2, 0) is 6.54 Å². The minimum Gasteiger partial charge on any atom is -0.327 e. The number of benzene rings is 1. The summed E-state index contributed by atoms with van der Waals surface area (Å²) in [5, 5.41) is 3.08. The highest BCUT2D eigenvalue weighted by Gasteiger charge is 2.53. The standard InChI is InChI=1S/2C12H21N.C8H11N.ClH/c2*1-8(13)12-5-9-2-10(6-12)4-11(3-9)7-12;1-9-7-8-5-3-2-4-6-8;/h2*8-11H,2-7,13H2,1H3;2-6,9H,7H2,1H3;1H. The maximum Gasteiger partial charge on any atom is 0.0202 e. The molecular formula is C32H54ClN3. The summed E-state index contributed by atoms with van der Waals surface area (Å²) in [7, 11) is 1.95. The van der Waals surface area contributed by atoms with Crippen molar-refractivity contribution in [3.63, 3.8) is 0 Å². The number of rotatable bonds is 4. The average molecular weight is 516 g/mol. The lowest BCUT2D eigenvalue weighted by molar-refractivity contribution is -0.0638. The van der Waals surface area contributed by atoms with E-state index in [-0.39, 0.29) is 12.4 Å². The van der Waals surface area contributed by atoms with Crippen molar-refractivity contribution >= 4 is 12.4 Å². The van der Waals surface area contributed by atoms with Gasteiger partial charge in [-0.3, -0.25) is 0 Å². The molecule has 2 unspecified atom stereocenters. The molecule has 3 nitrogen and oxygen atoms in total. The molecule has 8 saturated carbocycles. The Morgan fingerprint density at radius 1 is 0.667 bits per heavy atom. The van der Waals surface area contributed by atoms with E-state index in [0.717, 1.165) is 42.1 Å². The molecule has 4 heteroatoms. The van der Waals surface area contributed by atoms with Gasteiger partial charge in [0, 0.05) is 18.6 Å². The molecule has 2 atom stereocenters. The van der Waals surface area contributed by atoms with Crippen molar-refractivity contribution in [1.82, 2.24) is 5.32 Å². The minimum atomic E-state index is 0. The van der Waals surface area contributed by atoms with Crippen LogP contribution >= 0.6 is 12.4 Å². The van der Waals surface area contributed by atoms with Crippen LogP contribution in [-0.4, -0.2) is 19.1 Å². The molecule has 5 N–H and O–H groups in total. The molecule has 8 aliphatic rings. The second-order valence-corrected chi connectivity index (χ2v) is 14.2. The van der Waals surface area contributed by atoms with Crippen LogP contribution in [0.4, 0.5) is 0 Å². The summed E-state index contributed by atoms with van der Waals surface area (Å²) in [4.78, 5) is 0. The fourth-order valence-electron chi connectivity index (χ4n) is 10.3. The van der Waals surface area contributed by atoms with Crippen LogP contribution in [0.15, 0.2) is 30.3 Å². The molecule has 0 radical (unpaired) electrons. The molecular weight excluding hydrogens is 462 g/mol. The first-order valence-corrected chi connectivity index (χ1v) is 15.0. The molecule has 0 saturated heterocycles. The monoisotopic (exact) mass is 515 g/mol. The van der Waals surface area contributed by atoms with Gasteiger partial charge in [-0.15, -0.1) is 12.4 Å². The minimum absolute atomic E-state index is 0. The molecule has 0 spiro atoms. The van der Waals surface area contributed by atoms with Crippen LogP contribution in [0.5, 0.6) is 0 Å². The fourth-order valence-corrected chi connectivity index (χ4v) is 10.3. The van der Waals surface area contributed by atoms with Gasteiger partial charge >= 0.3 is 0 Å². The van der Waals surface area contributed by atoms with Gasteiger partial charge < -0.3 is 16.8 Å². The van der Waals surface area contributed by atoms with Gasteiger partial charge in [-0.2, -0.15) is 0 Å². The molecule has 1 aromatic rings. The molecule has 204 valence electrons. The van der Waals surface area contributed by atoms with Crippen LogP contribution in [0, 0.1) is 46.3 Å².